The summed E-state index contributed by atoms with van der Waals surface area (Å²) < 4.78 is 32.9. The van der Waals surface area contributed by atoms with Crippen LogP contribution in [0.2, 0.25) is 0 Å². The lowest BCUT2D eigenvalue weighted by Crippen LogP contribution is -2.47. The molecule has 1 saturated carbocycles. The molecule has 3 unspecified atom stereocenters. The Bertz CT molecular complexity index is 921. The van der Waals surface area contributed by atoms with E-state index in [1.54, 1.807) is 19.1 Å². The number of nitrogens with one attached hydrogen (secondary N) is 1. The van der Waals surface area contributed by atoms with Gasteiger partial charge in [0.2, 0.25) is 10.0 Å². The molecule has 3 rings (SSSR count). The van der Waals surface area contributed by atoms with E-state index in [2.05, 4.69) is 26.1 Å². The maximum absolute atomic E-state index is 13.0. The Morgan fingerprint density at radius 3 is 2.18 bits per heavy atom. The number of sulfonamides is 1. The van der Waals surface area contributed by atoms with Crippen molar-refractivity contribution in [2.75, 3.05) is 13.1 Å². The van der Waals surface area contributed by atoms with Crippen molar-refractivity contribution in [1.82, 2.24) is 9.62 Å². The number of carbonyl (C=O) groups excluding carboxylic acids is 2. The van der Waals surface area contributed by atoms with Gasteiger partial charge in [-0.05, 0) is 62.1 Å². The fourth-order valence-corrected chi connectivity index (χ4v) is 6.13. The third-order valence-corrected chi connectivity index (χ3v) is 8.99. The van der Waals surface area contributed by atoms with Gasteiger partial charge in [-0.15, -0.1) is 0 Å². The molecule has 7 nitrogen and oxygen atoms in total. The molecule has 184 valence electrons. The molecular weight excluding hydrogens is 440 g/mol. The van der Waals surface area contributed by atoms with Gasteiger partial charge in [0.15, 0.2) is 6.10 Å². The molecule has 1 N–H and O–H groups in total. The number of benzene rings is 1. The van der Waals surface area contributed by atoms with Crippen LogP contribution in [0.1, 0.15) is 77.7 Å². The van der Waals surface area contributed by atoms with Crippen LogP contribution in [0.3, 0.4) is 0 Å². The van der Waals surface area contributed by atoms with Crippen LogP contribution in [-0.4, -0.2) is 49.8 Å². The van der Waals surface area contributed by atoms with Gasteiger partial charge in [-0.1, -0.05) is 45.7 Å². The molecule has 2 aliphatic rings. The van der Waals surface area contributed by atoms with Crippen molar-refractivity contribution in [3.63, 3.8) is 0 Å². The zero-order valence-corrected chi connectivity index (χ0v) is 21.1. The molecule has 0 radical (unpaired) electrons. The first-order chi connectivity index (χ1) is 15.6. The average molecular weight is 479 g/mol. The fourth-order valence-electron chi connectivity index (χ4n) is 4.66. The number of hydrogen-bond donors (Lipinski definition) is 1. The molecule has 0 spiro atoms. The molecule has 1 aromatic carbocycles. The van der Waals surface area contributed by atoms with Crippen molar-refractivity contribution in [3.05, 3.63) is 29.8 Å². The van der Waals surface area contributed by atoms with Crippen LogP contribution in [0.5, 0.6) is 0 Å². The Labute approximate surface area is 198 Å². The summed E-state index contributed by atoms with van der Waals surface area (Å²) in [5, 5.41) is 3.03. The first-order valence-electron chi connectivity index (χ1n) is 12.2. The standard InChI is InChI=1S/C25H38N2O5S/c1-17(2)20-9-11-22(12-10-20)33(30,31)27-15-13-21(14-16-27)25(29)32-19(4)24(28)26-23-8-6-5-7-18(23)3/h9-12,17-19,21,23H,5-8,13-16H2,1-4H3,(H,26,28). The van der Waals surface area contributed by atoms with E-state index >= 15 is 0 Å². The second-order valence-electron chi connectivity index (χ2n) is 9.86. The Morgan fingerprint density at radius 1 is 1.00 bits per heavy atom. The molecule has 1 amide bonds. The molecule has 33 heavy (non-hydrogen) atoms. The quantitative estimate of drug-likeness (QED) is 0.601. The molecule has 1 aliphatic heterocycles. The Balaban J connectivity index is 1.50. The topological polar surface area (TPSA) is 92.8 Å². The van der Waals surface area contributed by atoms with E-state index < -0.39 is 28.0 Å². The summed E-state index contributed by atoms with van der Waals surface area (Å²) in [5.41, 5.74) is 1.09. The molecule has 3 atom stereocenters. The van der Waals surface area contributed by atoms with Crippen LogP contribution >= 0.6 is 0 Å². The monoisotopic (exact) mass is 478 g/mol. The van der Waals surface area contributed by atoms with Gasteiger partial charge in [-0.25, -0.2) is 8.42 Å². The van der Waals surface area contributed by atoms with E-state index in [0.29, 0.717) is 24.7 Å². The highest BCUT2D eigenvalue weighted by molar-refractivity contribution is 7.89. The van der Waals surface area contributed by atoms with E-state index in [9.17, 15) is 18.0 Å². The van der Waals surface area contributed by atoms with Gasteiger partial charge < -0.3 is 10.1 Å². The van der Waals surface area contributed by atoms with Crippen LogP contribution in [-0.2, 0) is 24.3 Å². The Hall–Kier alpha value is -1.93. The fraction of sp³-hybridized carbons (Fsp3) is 0.680. The number of ether oxygens (including phenoxy) is 1. The highest BCUT2D eigenvalue weighted by Crippen LogP contribution is 2.27. The summed E-state index contributed by atoms with van der Waals surface area (Å²) in [6, 6.07) is 7.14. The lowest BCUT2D eigenvalue weighted by atomic mass is 9.86. The van der Waals surface area contributed by atoms with Crippen LogP contribution in [0.25, 0.3) is 0 Å². The van der Waals surface area contributed by atoms with Crippen molar-refractivity contribution in [3.8, 4) is 0 Å². The van der Waals surface area contributed by atoms with Crippen molar-refractivity contribution in [2.45, 2.75) is 89.2 Å². The molecule has 1 aliphatic carbocycles. The molecule has 0 bridgehead atoms. The van der Waals surface area contributed by atoms with Crippen molar-refractivity contribution < 1.29 is 22.7 Å². The molecule has 1 saturated heterocycles. The molecule has 2 fully saturated rings. The molecule has 1 heterocycles. The number of esters is 1. The predicted molar refractivity (Wildman–Crippen MR) is 127 cm³/mol. The van der Waals surface area contributed by atoms with Crippen LogP contribution < -0.4 is 5.32 Å². The maximum atomic E-state index is 13.0. The van der Waals surface area contributed by atoms with Crippen LogP contribution in [0.15, 0.2) is 29.2 Å². The van der Waals surface area contributed by atoms with E-state index in [1.807, 2.05) is 12.1 Å². The van der Waals surface area contributed by atoms with Crippen LogP contribution in [0, 0.1) is 11.8 Å². The normalized spacial score (nSPS) is 23.8. The van der Waals surface area contributed by atoms with E-state index in [4.69, 9.17) is 4.74 Å². The van der Waals surface area contributed by atoms with E-state index in [1.165, 1.54) is 10.7 Å². The number of carbonyl (C=O) groups is 2. The number of hydrogen-bond acceptors (Lipinski definition) is 5. The third-order valence-electron chi connectivity index (χ3n) is 7.07. The second-order valence-corrected chi connectivity index (χ2v) is 11.8. The van der Waals surface area contributed by atoms with Crippen molar-refractivity contribution >= 4 is 21.9 Å². The molecule has 1 aromatic rings. The summed E-state index contributed by atoms with van der Waals surface area (Å²) in [4.78, 5) is 25.4. The average Bonchev–Trinajstić information content (AvgIpc) is 2.80. The highest BCUT2D eigenvalue weighted by Gasteiger charge is 2.34. The predicted octanol–water partition coefficient (Wildman–Crippen LogP) is 3.84. The summed E-state index contributed by atoms with van der Waals surface area (Å²) in [6.45, 7) is 8.38. The van der Waals surface area contributed by atoms with Crippen LogP contribution in [0.4, 0.5) is 0 Å². The second kappa shape index (κ2) is 11.0. The number of amides is 1. The minimum absolute atomic E-state index is 0.135. The zero-order chi connectivity index (χ0) is 24.2. The van der Waals surface area contributed by atoms with Gasteiger partial charge in [0.05, 0.1) is 10.8 Å². The summed E-state index contributed by atoms with van der Waals surface area (Å²) >= 11 is 0. The van der Waals surface area contributed by atoms with Crippen molar-refractivity contribution in [1.29, 1.82) is 0 Å². The molecule has 0 aromatic heterocycles. The summed E-state index contributed by atoms with van der Waals surface area (Å²) in [7, 11) is -3.59. The van der Waals surface area contributed by atoms with E-state index in [-0.39, 0.29) is 29.9 Å². The van der Waals surface area contributed by atoms with Gasteiger partial charge >= 0.3 is 5.97 Å². The first kappa shape index (κ1) is 25.7. The van der Waals surface area contributed by atoms with Crippen molar-refractivity contribution in [2.24, 2.45) is 11.8 Å². The Morgan fingerprint density at radius 2 is 1.61 bits per heavy atom. The lowest BCUT2D eigenvalue weighted by Gasteiger charge is -2.32. The number of rotatable bonds is 7. The smallest absolute Gasteiger partial charge is 0.309 e. The van der Waals surface area contributed by atoms with Gasteiger partial charge in [-0.3, -0.25) is 9.59 Å². The summed E-state index contributed by atoms with van der Waals surface area (Å²) in [5.74, 6) is -0.319. The van der Waals surface area contributed by atoms with Gasteiger partial charge in [0.25, 0.3) is 5.91 Å². The molecular formula is C25H38N2O5S. The minimum atomic E-state index is -3.59. The highest BCUT2D eigenvalue weighted by atomic mass is 32.2. The number of nitrogens with zero attached hydrogens (tertiary/aromatic N) is 1. The lowest BCUT2D eigenvalue weighted by molar-refractivity contribution is -0.160. The van der Waals surface area contributed by atoms with E-state index in [0.717, 1.165) is 24.8 Å². The first-order valence-corrected chi connectivity index (χ1v) is 13.6. The van der Waals surface area contributed by atoms with Gasteiger partial charge in [0, 0.05) is 19.1 Å². The zero-order valence-electron chi connectivity index (χ0n) is 20.2. The largest absolute Gasteiger partial charge is 0.452 e. The van der Waals surface area contributed by atoms with Gasteiger partial charge in [0.1, 0.15) is 0 Å². The van der Waals surface area contributed by atoms with Gasteiger partial charge in [-0.2, -0.15) is 4.31 Å². The minimum Gasteiger partial charge on any atom is -0.452 e. The maximum Gasteiger partial charge on any atom is 0.309 e. The number of piperidine rings is 1. The molecule has 8 heteroatoms. The Kier molecular flexibility index (Phi) is 8.56. The SMILES string of the molecule is CC(OC(=O)C1CCN(S(=O)(=O)c2ccc(C(C)C)cc2)CC1)C(=O)NC1CCCCC1C. The summed E-state index contributed by atoms with van der Waals surface area (Å²) in [6.07, 6.45) is 4.27. The third kappa shape index (κ3) is 6.35.